The smallest absolute Gasteiger partial charge is 0.0916 e. The summed E-state index contributed by atoms with van der Waals surface area (Å²) in [5.74, 6) is 0.999. The Labute approximate surface area is 56.0 Å². The molecule has 3 N–H and O–H groups in total. The molecule has 2 aliphatic heterocycles. The molecular weight excluding hydrogens is 112 g/mol. The zero-order valence-corrected chi connectivity index (χ0v) is 5.77. The van der Waals surface area contributed by atoms with E-state index in [0.29, 0.717) is 0 Å². The van der Waals surface area contributed by atoms with Gasteiger partial charge in [0.25, 0.3) is 0 Å². The molecule has 0 aromatic carbocycles. The third-order valence-electron chi connectivity index (χ3n) is 2.62. The maximum absolute atomic E-state index is 3.55. The van der Waals surface area contributed by atoms with Crippen LogP contribution in [0.5, 0.6) is 0 Å². The zero-order chi connectivity index (χ0) is 6.10. The van der Waals surface area contributed by atoms with E-state index in [0.717, 1.165) is 12.0 Å². The molecule has 2 atom stereocenters. The lowest BCUT2D eigenvalue weighted by molar-refractivity contribution is -0.638. The molecule has 2 heterocycles. The summed E-state index contributed by atoms with van der Waals surface area (Å²) in [7, 11) is 0. The Balaban J connectivity index is 1.97. The van der Waals surface area contributed by atoms with E-state index in [2.05, 4.69) is 10.6 Å². The van der Waals surface area contributed by atoms with E-state index in [4.69, 9.17) is 0 Å². The Morgan fingerprint density at radius 3 is 3.22 bits per heavy atom. The Hall–Kier alpha value is -0.0800. The van der Waals surface area contributed by atoms with Gasteiger partial charge >= 0.3 is 0 Å². The summed E-state index contributed by atoms with van der Waals surface area (Å²) in [6.45, 7) is 3.96. The lowest BCUT2D eigenvalue weighted by Crippen LogP contribution is -2.82. The molecule has 0 aliphatic carbocycles. The molecule has 0 aromatic rings. The SMILES string of the molecule is C1CNC2C[NH2+]CC2C1. The van der Waals surface area contributed by atoms with Crippen LogP contribution in [0, 0.1) is 5.92 Å². The second-order valence-electron chi connectivity index (χ2n) is 3.22. The predicted molar refractivity (Wildman–Crippen MR) is 36.2 cm³/mol. The van der Waals surface area contributed by atoms with E-state index in [-0.39, 0.29) is 0 Å². The van der Waals surface area contributed by atoms with E-state index < -0.39 is 0 Å². The predicted octanol–water partition coefficient (Wildman–Crippen LogP) is -1.07. The lowest BCUT2D eigenvalue weighted by Gasteiger charge is -2.22. The maximum Gasteiger partial charge on any atom is 0.0916 e. The van der Waals surface area contributed by atoms with Gasteiger partial charge in [0.2, 0.25) is 0 Å². The molecular formula is C7H15N2+. The molecule has 0 amide bonds. The van der Waals surface area contributed by atoms with E-state index in [1.165, 1.54) is 32.5 Å². The second-order valence-corrected chi connectivity index (χ2v) is 3.22. The Morgan fingerprint density at radius 2 is 2.33 bits per heavy atom. The summed E-state index contributed by atoms with van der Waals surface area (Å²) in [6, 6.07) is 0.860. The van der Waals surface area contributed by atoms with Crippen molar-refractivity contribution >= 4 is 0 Å². The summed E-state index contributed by atoms with van der Waals surface area (Å²) >= 11 is 0. The molecule has 0 radical (unpaired) electrons. The van der Waals surface area contributed by atoms with Gasteiger partial charge in [-0.05, 0) is 19.4 Å². The normalized spacial score (nSPS) is 42.7. The van der Waals surface area contributed by atoms with Crippen molar-refractivity contribution < 1.29 is 5.32 Å². The Morgan fingerprint density at radius 1 is 1.33 bits per heavy atom. The van der Waals surface area contributed by atoms with Crippen LogP contribution in [0.2, 0.25) is 0 Å². The minimum absolute atomic E-state index is 0.860. The molecule has 9 heavy (non-hydrogen) atoms. The second kappa shape index (κ2) is 2.27. The van der Waals surface area contributed by atoms with Gasteiger partial charge in [0, 0.05) is 5.92 Å². The van der Waals surface area contributed by atoms with Crippen molar-refractivity contribution in [3.05, 3.63) is 0 Å². The fourth-order valence-electron chi connectivity index (χ4n) is 2.07. The monoisotopic (exact) mass is 127 g/mol. The molecule has 2 heteroatoms. The van der Waals surface area contributed by atoms with Crippen LogP contribution in [-0.2, 0) is 0 Å². The first-order valence-electron chi connectivity index (χ1n) is 4.02. The van der Waals surface area contributed by atoms with Gasteiger partial charge in [-0.25, -0.2) is 0 Å². The topological polar surface area (TPSA) is 28.6 Å². The molecule has 52 valence electrons. The van der Waals surface area contributed by atoms with Gasteiger partial charge < -0.3 is 10.6 Å². The minimum Gasteiger partial charge on any atom is -0.345 e. The highest BCUT2D eigenvalue weighted by molar-refractivity contribution is 4.82. The Bertz CT molecular complexity index is 91.1. The molecule has 0 aromatic heterocycles. The molecule has 0 spiro atoms. The zero-order valence-electron chi connectivity index (χ0n) is 5.77. The van der Waals surface area contributed by atoms with Crippen molar-refractivity contribution in [1.82, 2.24) is 5.32 Å². The minimum atomic E-state index is 0.860. The number of hydrogen-bond donors (Lipinski definition) is 2. The molecule has 2 unspecified atom stereocenters. The number of piperidine rings is 1. The van der Waals surface area contributed by atoms with E-state index >= 15 is 0 Å². The first-order chi connectivity index (χ1) is 4.47. The van der Waals surface area contributed by atoms with Crippen molar-refractivity contribution in [2.75, 3.05) is 19.6 Å². The van der Waals surface area contributed by atoms with Crippen molar-refractivity contribution in [1.29, 1.82) is 0 Å². The maximum atomic E-state index is 3.55. The van der Waals surface area contributed by atoms with Crippen LogP contribution in [-0.4, -0.2) is 25.7 Å². The van der Waals surface area contributed by atoms with Gasteiger partial charge in [-0.3, -0.25) is 0 Å². The third-order valence-corrected chi connectivity index (χ3v) is 2.62. The van der Waals surface area contributed by atoms with Gasteiger partial charge in [0.15, 0.2) is 0 Å². The van der Waals surface area contributed by atoms with Gasteiger partial charge in [-0.1, -0.05) is 0 Å². The van der Waals surface area contributed by atoms with Gasteiger partial charge in [-0.2, -0.15) is 0 Å². The molecule has 0 saturated carbocycles. The molecule has 2 saturated heterocycles. The van der Waals surface area contributed by atoms with Crippen LogP contribution < -0.4 is 10.6 Å². The van der Waals surface area contributed by atoms with Crippen LogP contribution in [0.1, 0.15) is 12.8 Å². The highest BCUT2D eigenvalue weighted by Crippen LogP contribution is 2.15. The van der Waals surface area contributed by atoms with Crippen molar-refractivity contribution in [3.8, 4) is 0 Å². The van der Waals surface area contributed by atoms with E-state index in [1.807, 2.05) is 0 Å². The highest BCUT2D eigenvalue weighted by Gasteiger charge is 2.31. The first-order valence-corrected chi connectivity index (χ1v) is 4.02. The van der Waals surface area contributed by atoms with E-state index in [9.17, 15) is 0 Å². The molecule has 2 fully saturated rings. The standard InChI is InChI=1S/C7H14N2/c1-2-6-4-8-5-7(6)9-3-1/h6-9H,1-5H2/p+1. The Kier molecular flexibility index (Phi) is 1.44. The van der Waals surface area contributed by atoms with Crippen LogP contribution >= 0.6 is 0 Å². The van der Waals surface area contributed by atoms with Crippen LogP contribution in [0.25, 0.3) is 0 Å². The molecule has 0 bridgehead atoms. The average Bonchev–Trinajstić information content (AvgIpc) is 2.33. The average molecular weight is 127 g/mol. The third kappa shape index (κ3) is 0.970. The summed E-state index contributed by atoms with van der Waals surface area (Å²) in [6.07, 6.45) is 2.86. The van der Waals surface area contributed by atoms with Gasteiger partial charge in [-0.15, -0.1) is 0 Å². The summed E-state index contributed by atoms with van der Waals surface area (Å²) in [5, 5.41) is 5.99. The summed E-state index contributed by atoms with van der Waals surface area (Å²) in [4.78, 5) is 0. The van der Waals surface area contributed by atoms with Gasteiger partial charge in [0.05, 0.1) is 19.1 Å². The number of nitrogens with one attached hydrogen (secondary N) is 1. The van der Waals surface area contributed by atoms with Crippen LogP contribution in [0.3, 0.4) is 0 Å². The largest absolute Gasteiger partial charge is 0.345 e. The van der Waals surface area contributed by atoms with Crippen molar-refractivity contribution in [2.45, 2.75) is 18.9 Å². The number of rotatable bonds is 0. The fourth-order valence-corrected chi connectivity index (χ4v) is 2.07. The number of quaternary nitrogens is 1. The lowest BCUT2D eigenvalue weighted by atomic mass is 9.94. The molecule has 2 aliphatic rings. The first kappa shape index (κ1) is 5.69. The number of hydrogen-bond acceptors (Lipinski definition) is 1. The summed E-state index contributed by atoms with van der Waals surface area (Å²) in [5.41, 5.74) is 0. The van der Waals surface area contributed by atoms with Crippen LogP contribution in [0.15, 0.2) is 0 Å². The van der Waals surface area contributed by atoms with E-state index in [1.54, 1.807) is 0 Å². The molecule has 2 rings (SSSR count). The van der Waals surface area contributed by atoms with Gasteiger partial charge in [0.1, 0.15) is 0 Å². The number of fused-ring (bicyclic) bond motifs is 1. The fraction of sp³-hybridized carbons (Fsp3) is 1.00. The van der Waals surface area contributed by atoms with Crippen molar-refractivity contribution in [3.63, 3.8) is 0 Å². The summed E-state index contributed by atoms with van der Waals surface area (Å²) < 4.78 is 0. The quantitative estimate of drug-likeness (QED) is 0.426. The number of nitrogens with two attached hydrogens (primary N) is 1. The van der Waals surface area contributed by atoms with Crippen molar-refractivity contribution in [2.24, 2.45) is 5.92 Å². The highest BCUT2D eigenvalue weighted by atomic mass is 15.0. The molecule has 2 nitrogen and oxygen atoms in total. The van der Waals surface area contributed by atoms with Crippen LogP contribution in [0.4, 0.5) is 0 Å².